The standard InChI is InChI=1S/C19H29N3O2/c1-4-21-19(24)15-8-7-13(2)17(11-15)22-18(23)10-14(3)16-6-5-9-20-12-16/h7-8,11,14,16,20H,4-6,9-10,12H2,1-3H3,(H,21,24)(H,22,23). The Balaban J connectivity index is 1.97. The third-order valence-electron chi connectivity index (χ3n) is 4.76. The Morgan fingerprint density at radius 2 is 2.17 bits per heavy atom. The Kier molecular flexibility index (Phi) is 6.79. The first-order chi connectivity index (χ1) is 11.5. The second-order valence-electron chi connectivity index (χ2n) is 6.73. The van der Waals surface area contributed by atoms with Crippen LogP contribution in [0.5, 0.6) is 0 Å². The molecule has 1 aromatic rings. The smallest absolute Gasteiger partial charge is 0.251 e. The van der Waals surface area contributed by atoms with Gasteiger partial charge in [-0.05, 0) is 69.3 Å². The summed E-state index contributed by atoms with van der Waals surface area (Å²) >= 11 is 0. The summed E-state index contributed by atoms with van der Waals surface area (Å²) in [7, 11) is 0. The van der Waals surface area contributed by atoms with Crippen molar-refractivity contribution >= 4 is 17.5 Å². The minimum Gasteiger partial charge on any atom is -0.352 e. The lowest BCUT2D eigenvalue weighted by molar-refractivity contribution is -0.117. The zero-order valence-electron chi connectivity index (χ0n) is 14.9. The number of carbonyl (C=O) groups excluding carboxylic acids is 2. The zero-order valence-corrected chi connectivity index (χ0v) is 14.9. The monoisotopic (exact) mass is 331 g/mol. The topological polar surface area (TPSA) is 70.2 Å². The number of benzene rings is 1. The fraction of sp³-hybridized carbons (Fsp3) is 0.579. The van der Waals surface area contributed by atoms with Gasteiger partial charge in [-0.1, -0.05) is 13.0 Å². The van der Waals surface area contributed by atoms with Gasteiger partial charge < -0.3 is 16.0 Å². The van der Waals surface area contributed by atoms with Crippen molar-refractivity contribution in [2.24, 2.45) is 11.8 Å². The molecule has 0 aromatic heterocycles. The maximum Gasteiger partial charge on any atom is 0.251 e. The van der Waals surface area contributed by atoms with E-state index in [2.05, 4.69) is 22.9 Å². The van der Waals surface area contributed by atoms with Gasteiger partial charge in [-0.25, -0.2) is 0 Å². The molecule has 0 radical (unpaired) electrons. The van der Waals surface area contributed by atoms with Crippen molar-refractivity contribution in [2.75, 3.05) is 25.0 Å². The SMILES string of the molecule is CCNC(=O)c1ccc(C)c(NC(=O)CC(C)C2CCCNC2)c1. The van der Waals surface area contributed by atoms with Crippen molar-refractivity contribution in [1.29, 1.82) is 0 Å². The van der Waals surface area contributed by atoms with E-state index in [1.807, 2.05) is 19.9 Å². The van der Waals surface area contributed by atoms with E-state index in [0.29, 0.717) is 30.4 Å². The molecule has 0 aliphatic carbocycles. The molecule has 2 atom stereocenters. The van der Waals surface area contributed by atoms with Gasteiger partial charge in [0, 0.05) is 24.2 Å². The molecular weight excluding hydrogens is 302 g/mol. The molecule has 1 aliphatic rings. The predicted molar refractivity (Wildman–Crippen MR) is 97.2 cm³/mol. The first kappa shape index (κ1) is 18.5. The lowest BCUT2D eigenvalue weighted by atomic mass is 9.85. The molecule has 2 unspecified atom stereocenters. The molecule has 1 aliphatic heterocycles. The van der Waals surface area contributed by atoms with Crippen LogP contribution < -0.4 is 16.0 Å². The van der Waals surface area contributed by atoms with E-state index < -0.39 is 0 Å². The number of hydrogen-bond acceptors (Lipinski definition) is 3. The van der Waals surface area contributed by atoms with Gasteiger partial charge in [0.25, 0.3) is 5.91 Å². The molecule has 0 saturated carbocycles. The van der Waals surface area contributed by atoms with Crippen LogP contribution in [-0.2, 0) is 4.79 Å². The molecule has 132 valence electrons. The van der Waals surface area contributed by atoms with Crippen LogP contribution in [0, 0.1) is 18.8 Å². The fourth-order valence-electron chi connectivity index (χ4n) is 3.19. The molecular formula is C19H29N3O2. The summed E-state index contributed by atoms with van der Waals surface area (Å²) in [5, 5.41) is 9.16. The summed E-state index contributed by atoms with van der Waals surface area (Å²) in [6.07, 6.45) is 2.88. The minimum atomic E-state index is -0.116. The van der Waals surface area contributed by atoms with Crippen molar-refractivity contribution < 1.29 is 9.59 Å². The lowest BCUT2D eigenvalue weighted by Gasteiger charge is -2.28. The predicted octanol–water partition coefficient (Wildman–Crippen LogP) is 2.71. The molecule has 1 aromatic carbocycles. The number of rotatable bonds is 6. The van der Waals surface area contributed by atoms with Crippen LogP contribution in [0.4, 0.5) is 5.69 Å². The number of amides is 2. The molecule has 0 spiro atoms. The Morgan fingerprint density at radius 1 is 1.38 bits per heavy atom. The van der Waals surface area contributed by atoms with E-state index in [-0.39, 0.29) is 11.8 Å². The molecule has 2 amide bonds. The first-order valence-corrected chi connectivity index (χ1v) is 8.90. The molecule has 5 heteroatoms. The fourth-order valence-corrected chi connectivity index (χ4v) is 3.19. The highest BCUT2D eigenvalue weighted by molar-refractivity contribution is 5.97. The van der Waals surface area contributed by atoms with Gasteiger partial charge in [-0.15, -0.1) is 0 Å². The van der Waals surface area contributed by atoms with Gasteiger partial charge in [0.15, 0.2) is 0 Å². The van der Waals surface area contributed by atoms with Crippen molar-refractivity contribution in [3.05, 3.63) is 29.3 Å². The van der Waals surface area contributed by atoms with Crippen molar-refractivity contribution in [1.82, 2.24) is 10.6 Å². The van der Waals surface area contributed by atoms with Crippen molar-refractivity contribution in [3.63, 3.8) is 0 Å². The van der Waals surface area contributed by atoms with Gasteiger partial charge in [0.1, 0.15) is 0 Å². The van der Waals surface area contributed by atoms with Gasteiger partial charge in [0.2, 0.25) is 5.91 Å². The second-order valence-corrected chi connectivity index (χ2v) is 6.73. The van der Waals surface area contributed by atoms with Gasteiger partial charge >= 0.3 is 0 Å². The molecule has 1 saturated heterocycles. The Bertz CT molecular complexity index is 580. The summed E-state index contributed by atoms with van der Waals surface area (Å²) in [6, 6.07) is 5.41. The highest BCUT2D eigenvalue weighted by atomic mass is 16.2. The first-order valence-electron chi connectivity index (χ1n) is 8.90. The molecule has 1 fully saturated rings. The van der Waals surface area contributed by atoms with E-state index in [9.17, 15) is 9.59 Å². The lowest BCUT2D eigenvalue weighted by Crippen LogP contribution is -2.34. The van der Waals surface area contributed by atoms with Crippen LogP contribution in [0.3, 0.4) is 0 Å². The highest BCUT2D eigenvalue weighted by Crippen LogP contribution is 2.24. The molecule has 0 bridgehead atoms. The molecule has 24 heavy (non-hydrogen) atoms. The molecule has 5 nitrogen and oxygen atoms in total. The summed E-state index contributed by atoms with van der Waals surface area (Å²) in [6.45, 7) is 8.64. The molecule has 1 heterocycles. The highest BCUT2D eigenvalue weighted by Gasteiger charge is 2.22. The van der Waals surface area contributed by atoms with E-state index in [1.165, 1.54) is 12.8 Å². The van der Waals surface area contributed by atoms with Crippen molar-refractivity contribution in [2.45, 2.75) is 40.0 Å². The average molecular weight is 331 g/mol. The largest absolute Gasteiger partial charge is 0.352 e. The minimum absolute atomic E-state index is 0.0178. The summed E-state index contributed by atoms with van der Waals surface area (Å²) in [4.78, 5) is 24.3. The average Bonchev–Trinajstić information content (AvgIpc) is 2.57. The van der Waals surface area contributed by atoms with Crippen LogP contribution in [0.15, 0.2) is 18.2 Å². The quantitative estimate of drug-likeness (QED) is 0.750. The summed E-state index contributed by atoms with van der Waals surface area (Å²) in [5.41, 5.74) is 2.25. The number of nitrogens with one attached hydrogen (secondary N) is 3. The Labute approximate surface area is 144 Å². The molecule has 3 N–H and O–H groups in total. The van der Waals surface area contributed by atoms with E-state index in [0.717, 1.165) is 24.3 Å². The van der Waals surface area contributed by atoms with E-state index in [4.69, 9.17) is 0 Å². The van der Waals surface area contributed by atoms with Crippen molar-refractivity contribution in [3.8, 4) is 0 Å². The second kappa shape index (κ2) is 8.83. The third-order valence-corrected chi connectivity index (χ3v) is 4.76. The Morgan fingerprint density at radius 3 is 2.83 bits per heavy atom. The van der Waals surface area contributed by atoms with Crippen LogP contribution in [0.2, 0.25) is 0 Å². The molecule has 2 rings (SSSR count). The van der Waals surface area contributed by atoms with Crippen LogP contribution >= 0.6 is 0 Å². The Hall–Kier alpha value is -1.88. The maximum absolute atomic E-state index is 12.4. The number of carbonyl (C=O) groups is 2. The normalized spacial score (nSPS) is 18.7. The number of piperidine rings is 1. The number of hydrogen-bond donors (Lipinski definition) is 3. The van der Waals surface area contributed by atoms with E-state index in [1.54, 1.807) is 12.1 Å². The van der Waals surface area contributed by atoms with Gasteiger partial charge in [-0.2, -0.15) is 0 Å². The zero-order chi connectivity index (χ0) is 17.5. The summed E-state index contributed by atoms with van der Waals surface area (Å²) < 4.78 is 0. The van der Waals surface area contributed by atoms with Crippen LogP contribution in [0.25, 0.3) is 0 Å². The number of aryl methyl sites for hydroxylation is 1. The van der Waals surface area contributed by atoms with Crippen LogP contribution in [-0.4, -0.2) is 31.4 Å². The van der Waals surface area contributed by atoms with Crippen LogP contribution in [0.1, 0.15) is 49.0 Å². The third kappa shape index (κ3) is 5.06. The van der Waals surface area contributed by atoms with E-state index >= 15 is 0 Å². The van der Waals surface area contributed by atoms with Gasteiger partial charge in [0.05, 0.1) is 0 Å². The number of anilines is 1. The van der Waals surface area contributed by atoms with Gasteiger partial charge in [-0.3, -0.25) is 9.59 Å². The maximum atomic E-state index is 12.4. The summed E-state index contributed by atoms with van der Waals surface area (Å²) in [5.74, 6) is 0.816.